The third-order valence-corrected chi connectivity index (χ3v) is 2.93. The first kappa shape index (κ1) is 11.5. The molecule has 1 saturated carbocycles. The van der Waals surface area contributed by atoms with E-state index in [9.17, 15) is 0 Å². The van der Waals surface area contributed by atoms with Gasteiger partial charge in [0, 0.05) is 18.6 Å². The Morgan fingerprint density at radius 3 is 2.88 bits per heavy atom. The summed E-state index contributed by atoms with van der Waals surface area (Å²) in [4.78, 5) is 6.59. The zero-order valence-electron chi connectivity index (χ0n) is 10.0. The van der Waals surface area contributed by atoms with E-state index in [-0.39, 0.29) is 6.61 Å². The van der Waals surface area contributed by atoms with E-state index in [1.165, 1.54) is 12.8 Å². The number of rotatable bonds is 6. The lowest BCUT2D eigenvalue weighted by Crippen LogP contribution is -2.30. The van der Waals surface area contributed by atoms with Gasteiger partial charge in [0.05, 0.1) is 13.2 Å². The van der Waals surface area contributed by atoms with E-state index in [2.05, 4.69) is 28.8 Å². The van der Waals surface area contributed by atoms with Gasteiger partial charge in [0.1, 0.15) is 12.2 Å². The molecule has 0 saturated heterocycles. The van der Waals surface area contributed by atoms with Crippen LogP contribution >= 0.6 is 0 Å². The molecule has 0 aliphatic heterocycles. The summed E-state index contributed by atoms with van der Waals surface area (Å²) in [5.41, 5.74) is 0. The Bertz CT molecular complexity index is 332. The molecule has 1 fully saturated rings. The molecule has 0 radical (unpaired) electrons. The molecule has 0 spiro atoms. The van der Waals surface area contributed by atoms with Crippen LogP contribution in [0.2, 0.25) is 0 Å². The minimum absolute atomic E-state index is 0.215. The summed E-state index contributed by atoms with van der Waals surface area (Å²) in [6.07, 6.45) is 4.10. The topological polar surface area (TPSA) is 54.2 Å². The highest BCUT2D eigenvalue weighted by molar-refractivity contribution is 4.92. The maximum Gasteiger partial charge on any atom is 0.141 e. The van der Waals surface area contributed by atoms with Gasteiger partial charge >= 0.3 is 0 Å². The molecule has 1 aliphatic carbocycles. The van der Waals surface area contributed by atoms with Crippen LogP contribution in [0.15, 0.2) is 6.33 Å². The summed E-state index contributed by atoms with van der Waals surface area (Å²) < 4.78 is 1.95. The second-order valence-corrected chi connectivity index (χ2v) is 4.64. The molecule has 1 heterocycles. The molecule has 0 aromatic carbocycles. The van der Waals surface area contributed by atoms with Gasteiger partial charge in [-0.3, -0.25) is 4.90 Å². The van der Waals surface area contributed by atoms with Crippen molar-refractivity contribution >= 4 is 0 Å². The van der Waals surface area contributed by atoms with Crippen molar-refractivity contribution < 1.29 is 5.11 Å². The molecule has 0 atom stereocenters. The zero-order chi connectivity index (χ0) is 11.5. The fraction of sp³-hybridized carbons (Fsp3) is 0.818. The average molecular weight is 224 g/mol. The normalized spacial score (nSPS) is 16.3. The number of aliphatic hydroxyl groups is 1. The van der Waals surface area contributed by atoms with E-state index in [0.29, 0.717) is 12.1 Å². The lowest BCUT2D eigenvalue weighted by molar-refractivity contribution is 0.177. The Morgan fingerprint density at radius 2 is 2.31 bits per heavy atom. The van der Waals surface area contributed by atoms with Gasteiger partial charge in [0.25, 0.3) is 0 Å². The van der Waals surface area contributed by atoms with Crippen LogP contribution in [0.5, 0.6) is 0 Å². The van der Waals surface area contributed by atoms with Crippen molar-refractivity contribution in [2.24, 2.45) is 0 Å². The number of hydrogen-bond donors (Lipinski definition) is 1. The summed E-state index contributed by atoms with van der Waals surface area (Å²) in [5.74, 6) is 0.996. The van der Waals surface area contributed by atoms with Crippen LogP contribution in [0.4, 0.5) is 0 Å². The van der Waals surface area contributed by atoms with Gasteiger partial charge < -0.3 is 5.11 Å². The summed E-state index contributed by atoms with van der Waals surface area (Å²) >= 11 is 0. The van der Waals surface area contributed by atoms with E-state index in [1.807, 2.05) is 4.68 Å². The van der Waals surface area contributed by atoms with E-state index in [0.717, 1.165) is 18.9 Å². The van der Waals surface area contributed by atoms with Gasteiger partial charge in [-0.2, -0.15) is 5.10 Å². The SMILES string of the molecule is CC(C)n1ncnc1CN(CCO)C1CC1. The quantitative estimate of drug-likeness (QED) is 0.777. The Balaban J connectivity index is 2.02. The molecule has 2 rings (SSSR count). The van der Waals surface area contributed by atoms with Crippen LogP contribution in [-0.4, -0.2) is 44.0 Å². The molecule has 1 N–H and O–H groups in total. The molecule has 0 amide bonds. The van der Waals surface area contributed by atoms with Gasteiger partial charge in [-0.25, -0.2) is 9.67 Å². The van der Waals surface area contributed by atoms with E-state index < -0.39 is 0 Å². The zero-order valence-corrected chi connectivity index (χ0v) is 10.0. The molecule has 5 nitrogen and oxygen atoms in total. The summed E-state index contributed by atoms with van der Waals surface area (Å²) in [7, 11) is 0. The van der Waals surface area contributed by atoms with Crippen LogP contribution in [-0.2, 0) is 6.54 Å². The highest BCUT2D eigenvalue weighted by Gasteiger charge is 2.29. The highest BCUT2D eigenvalue weighted by Crippen LogP contribution is 2.27. The third kappa shape index (κ3) is 2.59. The first-order valence-corrected chi connectivity index (χ1v) is 5.95. The van der Waals surface area contributed by atoms with Gasteiger partial charge in [0.15, 0.2) is 0 Å². The number of aromatic nitrogens is 3. The molecule has 1 aromatic heterocycles. The van der Waals surface area contributed by atoms with E-state index >= 15 is 0 Å². The predicted molar refractivity (Wildman–Crippen MR) is 60.9 cm³/mol. The van der Waals surface area contributed by atoms with Crippen molar-refractivity contribution in [1.29, 1.82) is 0 Å². The highest BCUT2D eigenvalue weighted by atomic mass is 16.3. The minimum Gasteiger partial charge on any atom is -0.395 e. The maximum atomic E-state index is 9.04. The predicted octanol–water partition coefficient (Wildman–Crippen LogP) is 0.816. The fourth-order valence-corrected chi connectivity index (χ4v) is 1.96. The standard InChI is InChI=1S/C11H20N4O/c1-9(2)15-11(12-8-13-15)7-14(5-6-16)10-3-4-10/h8-10,16H,3-7H2,1-2H3. The van der Waals surface area contributed by atoms with Crippen molar-refractivity contribution in [3.05, 3.63) is 12.2 Å². The van der Waals surface area contributed by atoms with Crippen molar-refractivity contribution in [2.45, 2.75) is 45.3 Å². The van der Waals surface area contributed by atoms with Gasteiger partial charge in [-0.05, 0) is 26.7 Å². The molecular weight excluding hydrogens is 204 g/mol. The van der Waals surface area contributed by atoms with Gasteiger partial charge in [0.2, 0.25) is 0 Å². The largest absolute Gasteiger partial charge is 0.395 e. The number of nitrogens with zero attached hydrogens (tertiary/aromatic N) is 4. The molecule has 1 aliphatic rings. The minimum atomic E-state index is 0.215. The molecule has 1 aromatic rings. The molecular formula is C11H20N4O. The molecule has 90 valence electrons. The average Bonchev–Trinajstić information content (AvgIpc) is 2.98. The van der Waals surface area contributed by atoms with Crippen LogP contribution < -0.4 is 0 Å². The summed E-state index contributed by atoms with van der Waals surface area (Å²) in [6, 6.07) is 0.983. The van der Waals surface area contributed by atoms with Crippen molar-refractivity contribution in [2.75, 3.05) is 13.2 Å². The number of aliphatic hydroxyl groups excluding tert-OH is 1. The first-order chi connectivity index (χ1) is 7.72. The lowest BCUT2D eigenvalue weighted by atomic mass is 10.3. The first-order valence-electron chi connectivity index (χ1n) is 5.95. The summed E-state index contributed by atoms with van der Waals surface area (Å²) in [5, 5.41) is 13.3. The Labute approximate surface area is 96.1 Å². The van der Waals surface area contributed by atoms with Crippen molar-refractivity contribution in [3.63, 3.8) is 0 Å². The molecule has 0 bridgehead atoms. The van der Waals surface area contributed by atoms with Crippen LogP contribution in [0, 0.1) is 0 Å². The molecule has 16 heavy (non-hydrogen) atoms. The van der Waals surface area contributed by atoms with Crippen molar-refractivity contribution in [1.82, 2.24) is 19.7 Å². The Kier molecular flexibility index (Phi) is 3.56. The lowest BCUT2D eigenvalue weighted by Gasteiger charge is -2.21. The van der Waals surface area contributed by atoms with Gasteiger partial charge in [-0.1, -0.05) is 0 Å². The fourth-order valence-electron chi connectivity index (χ4n) is 1.96. The monoisotopic (exact) mass is 224 g/mol. The second kappa shape index (κ2) is 4.93. The molecule has 5 heteroatoms. The molecule has 0 unspecified atom stereocenters. The van der Waals surface area contributed by atoms with Crippen LogP contribution in [0.3, 0.4) is 0 Å². The van der Waals surface area contributed by atoms with Gasteiger partial charge in [-0.15, -0.1) is 0 Å². The van der Waals surface area contributed by atoms with Crippen LogP contribution in [0.1, 0.15) is 38.6 Å². The third-order valence-electron chi connectivity index (χ3n) is 2.93. The van der Waals surface area contributed by atoms with Crippen molar-refractivity contribution in [3.8, 4) is 0 Å². The van der Waals surface area contributed by atoms with Crippen LogP contribution in [0.25, 0.3) is 0 Å². The Hall–Kier alpha value is -0.940. The number of hydrogen-bond acceptors (Lipinski definition) is 4. The smallest absolute Gasteiger partial charge is 0.141 e. The van der Waals surface area contributed by atoms with E-state index in [4.69, 9.17) is 5.11 Å². The second-order valence-electron chi connectivity index (χ2n) is 4.64. The Morgan fingerprint density at radius 1 is 1.56 bits per heavy atom. The van der Waals surface area contributed by atoms with E-state index in [1.54, 1.807) is 6.33 Å². The summed E-state index contributed by atoms with van der Waals surface area (Å²) in [6.45, 7) is 5.95. The maximum absolute atomic E-state index is 9.04.